The predicted molar refractivity (Wildman–Crippen MR) is 44.6 cm³/mol. The van der Waals surface area contributed by atoms with Crippen LogP contribution in [0.15, 0.2) is 17.2 Å². The molecule has 0 spiro atoms. The van der Waals surface area contributed by atoms with Gasteiger partial charge in [-0.1, -0.05) is 27.7 Å². The fourth-order valence-electron chi connectivity index (χ4n) is 1.08. The molecule has 0 saturated heterocycles. The third-order valence-corrected chi connectivity index (χ3v) is 1.91. The first-order valence-electron chi connectivity index (χ1n) is 3.78. The zero-order valence-electron chi connectivity index (χ0n) is 8.16. The SMILES string of the molecule is CC1=[C-]CC(C(C)(C)C)=C1.[Cl-].[Zr+2]. The van der Waals surface area contributed by atoms with Crippen LogP contribution in [0.1, 0.15) is 34.1 Å². The largest absolute Gasteiger partial charge is 2.00 e. The van der Waals surface area contributed by atoms with Crippen LogP contribution >= 0.6 is 0 Å². The normalized spacial score (nSPS) is 15.7. The first kappa shape index (κ1) is 15.1. The monoisotopic (exact) mass is 260 g/mol. The van der Waals surface area contributed by atoms with Crippen LogP contribution in [0.4, 0.5) is 0 Å². The molecule has 0 atom stereocenters. The van der Waals surface area contributed by atoms with Gasteiger partial charge in [0.05, 0.1) is 0 Å². The average Bonchev–Trinajstić information content (AvgIpc) is 2.11. The van der Waals surface area contributed by atoms with E-state index in [-0.39, 0.29) is 38.6 Å². The van der Waals surface area contributed by atoms with Crippen molar-refractivity contribution in [2.24, 2.45) is 5.41 Å². The topological polar surface area (TPSA) is 0 Å². The Bertz CT molecular complexity index is 196. The fourth-order valence-corrected chi connectivity index (χ4v) is 1.08. The molecule has 0 unspecified atom stereocenters. The molecule has 0 amide bonds. The Morgan fingerprint density at radius 2 is 1.83 bits per heavy atom. The predicted octanol–water partition coefficient (Wildman–Crippen LogP) is 0.114. The molecule has 0 N–H and O–H groups in total. The Kier molecular flexibility index (Phi) is 6.81. The molecule has 66 valence electrons. The van der Waals surface area contributed by atoms with Crippen molar-refractivity contribution in [1.29, 1.82) is 0 Å². The second kappa shape index (κ2) is 5.40. The Balaban J connectivity index is 0. The molecule has 0 aliphatic heterocycles. The maximum atomic E-state index is 3.30. The molecule has 0 radical (unpaired) electrons. The maximum Gasteiger partial charge on any atom is 2.00 e. The number of hydrogen-bond donors (Lipinski definition) is 0. The van der Waals surface area contributed by atoms with Gasteiger partial charge in [0.15, 0.2) is 0 Å². The van der Waals surface area contributed by atoms with E-state index in [9.17, 15) is 0 Å². The van der Waals surface area contributed by atoms with Crippen LogP contribution in [0.2, 0.25) is 0 Å². The molecule has 0 heterocycles. The molecule has 0 saturated carbocycles. The molecular weight excluding hydrogens is 247 g/mol. The second-order valence-corrected chi connectivity index (χ2v) is 3.96. The van der Waals surface area contributed by atoms with E-state index >= 15 is 0 Å². The third kappa shape index (κ3) is 4.05. The van der Waals surface area contributed by atoms with Crippen molar-refractivity contribution in [1.82, 2.24) is 0 Å². The van der Waals surface area contributed by atoms with Crippen molar-refractivity contribution < 1.29 is 38.6 Å². The van der Waals surface area contributed by atoms with Gasteiger partial charge in [-0.05, 0) is 5.41 Å². The van der Waals surface area contributed by atoms with Crippen molar-refractivity contribution >= 4 is 0 Å². The fraction of sp³-hybridized carbons (Fsp3) is 0.600. The number of allylic oxidation sites excluding steroid dienone is 4. The summed E-state index contributed by atoms with van der Waals surface area (Å²) in [6, 6.07) is 0. The molecule has 1 aliphatic rings. The van der Waals surface area contributed by atoms with Gasteiger partial charge >= 0.3 is 26.2 Å². The standard InChI is InChI=1S/C10H15.ClH.Zr/c1-8-5-6-9(7-8)10(2,3)4;;/h7H,6H2,1-4H3;1H;/q-1;;+2/p-1. The molecule has 0 bridgehead atoms. The molecule has 0 aromatic carbocycles. The van der Waals surface area contributed by atoms with Gasteiger partial charge in [0.2, 0.25) is 0 Å². The Morgan fingerprint density at radius 1 is 1.33 bits per heavy atom. The van der Waals surface area contributed by atoms with E-state index in [0.717, 1.165) is 6.42 Å². The van der Waals surface area contributed by atoms with Crippen LogP contribution in [0.3, 0.4) is 0 Å². The van der Waals surface area contributed by atoms with E-state index < -0.39 is 0 Å². The summed E-state index contributed by atoms with van der Waals surface area (Å²) in [5, 5.41) is 0. The van der Waals surface area contributed by atoms with Gasteiger partial charge in [-0.25, -0.2) is 11.6 Å². The van der Waals surface area contributed by atoms with Crippen molar-refractivity contribution in [3.63, 3.8) is 0 Å². The van der Waals surface area contributed by atoms with Crippen LogP contribution in [0.25, 0.3) is 0 Å². The van der Waals surface area contributed by atoms with E-state index in [0.29, 0.717) is 5.41 Å². The van der Waals surface area contributed by atoms with Crippen molar-refractivity contribution in [3.8, 4) is 0 Å². The van der Waals surface area contributed by atoms with Crippen molar-refractivity contribution in [2.45, 2.75) is 34.1 Å². The molecular formula is C10H15ClZr. The van der Waals surface area contributed by atoms with E-state index in [2.05, 4.69) is 39.8 Å². The third-order valence-electron chi connectivity index (χ3n) is 1.91. The Labute approximate surface area is 101 Å². The molecule has 0 fully saturated rings. The zero-order valence-corrected chi connectivity index (χ0v) is 11.4. The van der Waals surface area contributed by atoms with Crippen molar-refractivity contribution in [3.05, 3.63) is 23.3 Å². The molecule has 0 aromatic rings. The molecule has 0 nitrogen and oxygen atoms in total. The summed E-state index contributed by atoms with van der Waals surface area (Å²) in [7, 11) is 0. The first-order chi connectivity index (χ1) is 4.50. The van der Waals surface area contributed by atoms with Gasteiger partial charge in [-0.15, -0.1) is 6.42 Å². The molecule has 0 aromatic heterocycles. The van der Waals surface area contributed by atoms with E-state index in [4.69, 9.17) is 0 Å². The number of halogens is 1. The van der Waals surface area contributed by atoms with Crippen LogP contribution in [-0.2, 0) is 26.2 Å². The van der Waals surface area contributed by atoms with E-state index in [1.54, 1.807) is 0 Å². The summed E-state index contributed by atoms with van der Waals surface area (Å²) < 4.78 is 0. The van der Waals surface area contributed by atoms with Gasteiger partial charge in [-0.3, -0.25) is 6.08 Å². The zero-order chi connectivity index (χ0) is 7.78. The van der Waals surface area contributed by atoms with Gasteiger partial charge in [0, 0.05) is 0 Å². The van der Waals surface area contributed by atoms with Crippen molar-refractivity contribution in [2.75, 3.05) is 0 Å². The first-order valence-corrected chi connectivity index (χ1v) is 3.78. The van der Waals surface area contributed by atoms with E-state index in [1.807, 2.05) is 0 Å². The van der Waals surface area contributed by atoms with E-state index in [1.165, 1.54) is 11.1 Å². The Morgan fingerprint density at radius 3 is 2.00 bits per heavy atom. The molecule has 1 aliphatic carbocycles. The minimum Gasteiger partial charge on any atom is -1.00 e. The van der Waals surface area contributed by atoms with Crippen LogP contribution in [0.5, 0.6) is 0 Å². The van der Waals surface area contributed by atoms with Gasteiger partial charge in [0.25, 0.3) is 0 Å². The van der Waals surface area contributed by atoms with Gasteiger partial charge in [-0.2, -0.15) is 5.57 Å². The minimum atomic E-state index is 0. The quantitative estimate of drug-likeness (QED) is 0.544. The summed E-state index contributed by atoms with van der Waals surface area (Å²) in [5.74, 6) is 0. The summed E-state index contributed by atoms with van der Waals surface area (Å²) in [4.78, 5) is 0. The smallest absolute Gasteiger partial charge is 1.00 e. The maximum absolute atomic E-state index is 3.30. The summed E-state index contributed by atoms with van der Waals surface area (Å²) >= 11 is 0. The average molecular weight is 262 g/mol. The number of hydrogen-bond acceptors (Lipinski definition) is 0. The second-order valence-electron chi connectivity index (χ2n) is 3.96. The number of rotatable bonds is 0. The summed E-state index contributed by atoms with van der Waals surface area (Å²) in [5.41, 5.74) is 3.14. The van der Waals surface area contributed by atoms with Gasteiger partial charge < -0.3 is 12.4 Å². The minimum absolute atomic E-state index is 0. The summed E-state index contributed by atoms with van der Waals surface area (Å²) in [6.45, 7) is 8.86. The molecule has 1 rings (SSSR count). The summed E-state index contributed by atoms with van der Waals surface area (Å²) in [6.07, 6.45) is 6.59. The molecule has 12 heavy (non-hydrogen) atoms. The van der Waals surface area contributed by atoms with Crippen LogP contribution < -0.4 is 12.4 Å². The van der Waals surface area contributed by atoms with Crippen LogP contribution in [0, 0.1) is 11.5 Å². The Hall–Kier alpha value is 0.653. The van der Waals surface area contributed by atoms with Crippen LogP contribution in [-0.4, -0.2) is 0 Å². The van der Waals surface area contributed by atoms with Gasteiger partial charge in [0.1, 0.15) is 0 Å². The molecule has 2 heteroatoms.